The predicted octanol–water partition coefficient (Wildman–Crippen LogP) is 2.70. The maximum absolute atomic E-state index is 11.9. The van der Waals surface area contributed by atoms with Crippen LogP contribution in [0.15, 0.2) is 29.2 Å². The van der Waals surface area contributed by atoms with E-state index >= 15 is 0 Å². The van der Waals surface area contributed by atoms with E-state index in [4.69, 9.17) is 0 Å². The molecule has 2 N–H and O–H groups in total. The smallest absolute Gasteiger partial charge is 0.233 e. The highest BCUT2D eigenvalue weighted by atomic mass is 32.2. The Morgan fingerprint density at radius 2 is 1.85 bits per heavy atom. The average Bonchev–Trinajstić information content (AvgIpc) is 3.33. The van der Waals surface area contributed by atoms with Crippen LogP contribution in [0.25, 0.3) is 0 Å². The van der Waals surface area contributed by atoms with E-state index in [9.17, 15) is 4.79 Å². The van der Waals surface area contributed by atoms with Gasteiger partial charge in [-0.15, -0.1) is 11.8 Å². The number of hydrogen-bond acceptors (Lipinski definition) is 3. The first kappa shape index (κ1) is 14.0. The summed E-state index contributed by atoms with van der Waals surface area (Å²) in [6.07, 6.45) is 4.93. The fourth-order valence-corrected chi connectivity index (χ4v) is 2.92. The second-order valence-corrected chi connectivity index (χ2v) is 7.26. The van der Waals surface area contributed by atoms with Gasteiger partial charge in [-0.2, -0.15) is 0 Å². The molecule has 0 bridgehead atoms. The van der Waals surface area contributed by atoms with E-state index in [1.807, 2.05) is 6.92 Å². The lowest BCUT2D eigenvalue weighted by Crippen LogP contribution is -2.32. The Morgan fingerprint density at radius 3 is 2.45 bits per heavy atom. The van der Waals surface area contributed by atoms with E-state index in [1.165, 1.54) is 23.3 Å². The van der Waals surface area contributed by atoms with E-state index in [0.717, 1.165) is 25.4 Å². The van der Waals surface area contributed by atoms with Gasteiger partial charge in [0.05, 0.1) is 5.25 Å². The zero-order valence-corrected chi connectivity index (χ0v) is 12.7. The van der Waals surface area contributed by atoms with E-state index in [2.05, 4.69) is 34.9 Å². The molecule has 0 saturated heterocycles. The van der Waals surface area contributed by atoms with Crippen LogP contribution in [-0.2, 0) is 11.3 Å². The number of amides is 1. The second-order valence-electron chi connectivity index (χ2n) is 5.84. The summed E-state index contributed by atoms with van der Waals surface area (Å²) in [7, 11) is 0. The Hall–Kier alpha value is -1.00. The summed E-state index contributed by atoms with van der Waals surface area (Å²) in [5, 5.41) is 6.54. The van der Waals surface area contributed by atoms with Gasteiger partial charge in [0.1, 0.15) is 0 Å². The van der Waals surface area contributed by atoms with Gasteiger partial charge in [0, 0.05) is 23.5 Å². The number of thioether (sulfide) groups is 1. The molecule has 3 rings (SSSR count). The molecule has 20 heavy (non-hydrogen) atoms. The molecule has 0 radical (unpaired) electrons. The van der Waals surface area contributed by atoms with Crippen molar-refractivity contribution in [3.63, 3.8) is 0 Å². The number of nitrogens with one attached hydrogen (secondary N) is 2. The molecule has 108 valence electrons. The normalized spacial score (nSPS) is 19.6. The molecular formula is C16H22N2OS. The van der Waals surface area contributed by atoms with Crippen LogP contribution in [0.1, 0.15) is 38.2 Å². The summed E-state index contributed by atoms with van der Waals surface area (Å²) in [4.78, 5) is 13.1. The lowest BCUT2D eigenvalue weighted by molar-refractivity contribution is -0.120. The Bertz CT molecular complexity index is 466. The zero-order chi connectivity index (χ0) is 13.9. The molecule has 1 amide bonds. The van der Waals surface area contributed by atoms with Gasteiger partial charge in [-0.3, -0.25) is 4.79 Å². The molecule has 2 fully saturated rings. The minimum absolute atomic E-state index is 0.0222. The second kappa shape index (κ2) is 6.19. The minimum Gasteiger partial charge on any atom is -0.352 e. The van der Waals surface area contributed by atoms with Gasteiger partial charge in [-0.25, -0.2) is 0 Å². The highest BCUT2D eigenvalue weighted by molar-refractivity contribution is 8.00. The lowest BCUT2D eigenvalue weighted by atomic mass is 10.2. The maximum atomic E-state index is 11.9. The van der Waals surface area contributed by atoms with Crippen LogP contribution >= 0.6 is 11.8 Å². The first-order chi connectivity index (χ1) is 9.70. The topological polar surface area (TPSA) is 41.1 Å². The van der Waals surface area contributed by atoms with E-state index in [-0.39, 0.29) is 11.2 Å². The number of carbonyl (C=O) groups is 1. The van der Waals surface area contributed by atoms with Crippen molar-refractivity contribution in [2.24, 2.45) is 0 Å². The summed E-state index contributed by atoms with van der Waals surface area (Å²) >= 11 is 1.63. The molecule has 2 saturated carbocycles. The van der Waals surface area contributed by atoms with Gasteiger partial charge < -0.3 is 10.6 Å². The summed E-state index contributed by atoms with van der Waals surface area (Å²) in [5.74, 6) is 0.164. The molecule has 1 atom stereocenters. The molecule has 1 unspecified atom stereocenters. The van der Waals surface area contributed by atoms with Gasteiger partial charge in [-0.05, 0) is 50.3 Å². The Morgan fingerprint density at radius 1 is 1.20 bits per heavy atom. The maximum Gasteiger partial charge on any atom is 0.233 e. The Balaban J connectivity index is 1.47. The minimum atomic E-state index is -0.0222. The largest absolute Gasteiger partial charge is 0.352 e. The van der Waals surface area contributed by atoms with Crippen molar-refractivity contribution < 1.29 is 4.79 Å². The average molecular weight is 290 g/mol. The summed E-state index contributed by atoms with van der Waals surface area (Å²) in [6, 6.07) is 9.74. The Labute approximate surface area is 124 Å². The van der Waals surface area contributed by atoms with Crippen molar-refractivity contribution in [1.82, 2.24) is 10.6 Å². The fraction of sp³-hybridized carbons (Fsp3) is 0.562. The van der Waals surface area contributed by atoms with Crippen LogP contribution in [-0.4, -0.2) is 23.2 Å². The van der Waals surface area contributed by atoms with Crippen molar-refractivity contribution in [3.8, 4) is 0 Å². The van der Waals surface area contributed by atoms with Crippen LogP contribution in [0, 0.1) is 0 Å². The van der Waals surface area contributed by atoms with Crippen molar-refractivity contribution in [3.05, 3.63) is 29.8 Å². The summed E-state index contributed by atoms with van der Waals surface area (Å²) in [5.41, 5.74) is 1.32. The molecule has 3 nitrogen and oxygen atoms in total. The molecule has 0 heterocycles. The number of rotatable bonds is 7. The van der Waals surface area contributed by atoms with Crippen LogP contribution in [0.2, 0.25) is 0 Å². The highest BCUT2D eigenvalue weighted by Crippen LogP contribution is 2.26. The molecule has 0 aromatic heterocycles. The summed E-state index contributed by atoms with van der Waals surface area (Å²) in [6.45, 7) is 2.93. The van der Waals surface area contributed by atoms with Gasteiger partial charge >= 0.3 is 0 Å². The molecule has 0 spiro atoms. The number of hydrogen-bond donors (Lipinski definition) is 2. The van der Waals surface area contributed by atoms with Crippen molar-refractivity contribution >= 4 is 17.7 Å². The highest BCUT2D eigenvalue weighted by Gasteiger charge is 2.25. The Kier molecular flexibility index (Phi) is 4.32. The van der Waals surface area contributed by atoms with Gasteiger partial charge in [0.15, 0.2) is 0 Å². The SMILES string of the molecule is CC(Sc1ccc(CNC2CC2)cc1)C(=O)NC1CC1. The van der Waals surface area contributed by atoms with Gasteiger partial charge in [-0.1, -0.05) is 12.1 Å². The van der Waals surface area contributed by atoms with Crippen LogP contribution < -0.4 is 10.6 Å². The standard InChI is InChI=1S/C16H22N2OS/c1-11(16(19)18-14-6-7-14)20-15-8-2-12(3-9-15)10-17-13-4-5-13/h2-3,8-9,11,13-14,17H,4-7,10H2,1H3,(H,18,19). The van der Waals surface area contributed by atoms with E-state index in [0.29, 0.717) is 6.04 Å². The molecule has 2 aliphatic rings. The van der Waals surface area contributed by atoms with Crippen molar-refractivity contribution in [2.45, 2.75) is 61.4 Å². The first-order valence-electron chi connectivity index (χ1n) is 7.50. The lowest BCUT2D eigenvalue weighted by Gasteiger charge is -2.12. The van der Waals surface area contributed by atoms with Gasteiger partial charge in [0.2, 0.25) is 5.91 Å². The number of benzene rings is 1. The quantitative estimate of drug-likeness (QED) is 0.759. The van der Waals surface area contributed by atoms with Crippen LogP contribution in [0.4, 0.5) is 0 Å². The van der Waals surface area contributed by atoms with Crippen LogP contribution in [0.5, 0.6) is 0 Å². The van der Waals surface area contributed by atoms with E-state index < -0.39 is 0 Å². The predicted molar refractivity (Wildman–Crippen MR) is 82.8 cm³/mol. The van der Waals surface area contributed by atoms with Crippen LogP contribution in [0.3, 0.4) is 0 Å². The monoisotopic (exact) mass is 290 g/mol. The van der Waals surface area contributed by atoms with Crippen molar-refractivity contribution in [1.29, 1.82) is 0 Å². The number of carbonyl (C=O) groups excluding carboxylic acids is 1. The fourth-order valence-electron chi connectivity index (χ4n) is 2.04. The molecule has 4 heteroatoms. The molecule has 1 aromatic carbocycles. The van der Waals surface area contributed by atoms with E-state index in [1.54, 1.807) is 11.8 Å². The third-order valence-electron chi connectivity index (χ3n) is 3.70. The summed E-state index contributed by atoms with van der Waals surface area (Å²) < 4.78 is 0. The molecule has 0 aliphatic heterocycles. The van der Waals surface area contributed by atoms with Gasteiger partial charge in [0.25, 0.3) is 0 Å². The molecule has 2 aliphatic carbocycles. The first-order valence-corrected chi connectivity index (χ1v) is 8.38. The molecular weight excluding hydrogens is 268 g/mol. The third-order valence-corrected chi connectivity index (χ3v) is 4.81. The third kappa shape index (κ3) is 4.25. The molecule has 1 aromatic rings. The van der Waals surface area contributed by atoms with Crippen molar-refractivity contribution in [2.75, 3.05) is 0 Å². The zero-order valence-electron chi connectivity index (χ0n) is 11.9.